The molecular formula is C13H13N5O2S2. The van der Waals surface area contributed by atoms with Crippen molar-refractivity contribution in [2.75, 3.05) is 6.26 Å². The summed E-state index contributed by atoms with van der Waals surface area (Å²) in [6, 6.07) is 4.82. The monoisotopic (exact) mass is 335 g/mol. The van der Waals surface area contributed by atoms with Crippen LogP contribution in [0.2, 0.25) is 0 Å². The third-order valence-electron chi connectivity index (χ3n) is 3.37. The van der Waals surface area contributed by atoms with Gasteiger partial charge >= 0.3 is 6.03 Å². The Kier molecular flexibility index (Phi) is 3.83. The van der Waals surface area contributed by atoms with Gasteiger partial charge < -0.3 is 5.32 Å². The zero-order chi connectivity index (χ0) is 15.7. The number of nitrogens with zero attached hydrogens (tertiary/aromatic N) is 4. The van der Waals surface area contributed by atoms with Crippen LogP contribution in [0.25, 0.3) is 0 Å². The first-order valence-electron chi connectivity index (χ1n) is 6.46. The maximum Gasteiger partial charge on any atom is 0.325 e. The van der Waals surface area contributed by atoms with Crippen LogP contribution in [0, 0.1) is 0 Å². The van der Waals surface area contributed by atoms with E-state index >= 15 is 0 Å². The summed E-state index contributed by atoms with van der Waals surface area (Å²) < 4.78 is 0.801. The molecule has 2 aromatic heterocycles. The SMILES string of the molecule is CSc1nnc(CN2C(=O)N[C@@](C)(c3ccccn3)C2=O)s1. The van der Waals surface area contributed by atoms with Gasteiger partial charge in [-0.1, -0.05) is 29.2 Å². The van der Waals surface area contributed by atoms with Crippen molar-refractivity contribution in [2.45, 2.75) is 23.3 Å². The third kappa shape index (κ3) is 2.46. The molecule has 9 heteroatoms. The molecule has 22 heavy (non-hydrogen) atoms. The average Bonchev–Trinajstić information content (AvgIpc) is 3.07. The lowest BCUT2D eigenvalue weighted by Crippen LogP contribution is -2.41. The number of aromatic nitrogens is 3. The van der Waals surface area contributed by atoms with Crippen molar-refractivity contribution in [3.05, 3.63) is 35.1 Å². The topological polar surface area (TPSA) is 88.1 Å². The van der Waals surface area contributed by atoms with Gasteiger partial charge in [-0.25, -0.2) is 4.79 Å². The quantitative estimate of drug-likeness (QED) is 0.675. The van der Waals surface area contributed by atoms with E-state index < -0.39 is 11.6 Å². The number of amides is 3. The number of urea groups is 1. The van der Waals surface area contributed by atoms with Crippen molar-refractivity contribution in [1.29, 1.82) is 0 Å². The van der Waals surface area contributed by atoms with E-state index in [0.29, 0.717) is 10.7 Å². The van der Waals surface area contributed by atoms with Gasteiger partial charge in [-0.3, -0.25) is 14.7 Å². The van der Waals surface area contributed by atoms with Gasteiger partial charge in [0, 0.05) is 6.20 Å². The van der Waals surface area contributed by atoms with Crippen LogP contribution in [0.5, 0.6) is 0 Å². The molecule has 0 saturated carbocycles. The number of rotatable bonds is 4. The summed E-state index contributed by atoms with van der Waals surface area (Å²) in [6.07, 6.45) is 3.49. The maximum atomic E-state index is 12.7. The highest BCUT2D eigenvalue weighted by Gasteiger charge is 2.50. The molecular weight excluding hydrogens is 322 g/mol. The highest BCUT2D eigenvalue weighted by atomic mass is 32.2. The second-order valence-corrected chi connectivity index (χ2v) is 6.94. The molecule has 3 heterocycles. The smallest absolute Gasteiger partial charge is 0.318 e. The number of pyridine rings is 1. The Balaban J connectivity index is 1.85. The fourth-order valence-electron chi connectivity index (χ4n) is 2.19. The van der Waals surface area contributed by atoms with Crippen LogP contribution in [0.1, 0.15) is 17.6 Å². The second-order valence-electron chi connectivity index (χ2n) is 4.83. The van der Waals surface area contributed by atoms with Crippen molar-refractivity contribution in [3.8, 4) is 0 Å². The van der Waals surface area contributed by atoms with Gasteiger partial charge in [-0.15, -0.1) is 10.2 Å². The molecule has 1 atom stereocenters. The van der Waals surface area contributed by atoms with E-state index in [2.05, 4.69) is 20.5 Å². The standard InChI is InChI=1S/C13H13N5O2S2/c1-13(8-5-3-4-6-14-8)10(19)18(11(20)15-13)7-9-16-17-12(21-2)22-9/h3-6H,7H2,1-2H3,(H,15,20)/t13-/m0/s1. The molecule has 1 aliphatic heterocycles. The third-order valence-corrected chi connectivity index (χ3v) is 5.25. The summed E-state index contributed by atoms with van der Waals surface area (Å²) in [5.74, 6) is -0.336. The molecule has 1 aliphatic rings. The number of hydrogen-bond acceptors (Lipinski definition) is 7. The van der Waals surface area contributed by atoms with Crippen LogP contribution in [-0.2, 0) is 16.9 Å². The van der Waals surface area contributed by atoms with Gasteiger partial charge in [0.05, 0.1) is 12.2 Å². The molecule has 1 N–H and O–H groups in total. The number of hydrogen-bond donors (Lipinski definition) is 1. The van der Waals surface area contributed by atoms with Crippen LogP contribution < -0.4 is 5.32 Å². The minimum Gasteiger partial charge on any atom is -0.318 e. The molecule has 7 nitrogen and oxygen atoms in total. The zero-order valence-electron chi connectivity index (χ0n) is 11.9. The fraction of sp³-hybridized carbons (Fsp3) is 0.308. The Morgan fingerprint density at radius 2 is 2.18 bits per heavy atom. The Bertz CT molecular complexity index is 720. The van der Waals surface area contributed by atoms with Crippen molar-refractivity contribution >= 4 is 35.0 Å². The largest absolute Gasteiger partial charge is 0.325 e. The molecule has 0 spiro atoms. The van der Waals surface area contributed by atoms with Gasteiger partial charge in [-0.2, -0.15) is 0 Å². The van der Waals surface area contributed by atoms with E-state index in [1.54, 1.807) is 31.3 Å². The van der Waals surface area contributed by atoms with E-state index in [0.717, 1.165) is 9.24 Å². The van der Waals surface area contributed by atoms with Gasteiger partial charge in [-0.05, 0) is 25.3 Å². The first kappa shape index (κ1) is 14.9. The molecule has 0 aromatic carbocycles. The van der Waals surface area contributed by atoms with E-state index in [9.17, 15) is 9.59 Å². The summed E-state index contributed by atoms with van der Waals surface area (Å²) in [5, 5.41) is 11.3. The first-order chi connectivity index (χ1) is 10.5. The van der Waals surface area contributed by atoms with E-state index in [4.69, 9.17) is 0 Å². The van der Waals surface area contributed by atoms with E-state index in [1.807, 2.05) is 6.26 Å². The lowest BCUT2D eigenvalue weighted by Gasteiger charge is -2.20. The fourth-order valence-corrected chi connectivity index (χ4v) is 3.50. The summed E-state index contributed by atoms with van der Waals surface area (Å²) >= 11 is 2.85. The Morgan fingerprint density at radius 3 is 2.82 bits per heavy atom. The van der Waals surface area contributed by atoms with E-state index in [1.165, 1.54) is 23.1 Å². The number of thioether (sulfide) groups is 1. The minimum atomic E-state index is -1.15. The van der Waals surface area contributed by atoms with E-state index in [-0.39, 0.29) is 12.5 Å². The molecule has 114 valence electrons. The van der Waals surface area contributed by atoms with Crippen molar-refractivity contribution in [2.24, 2.45) is 0 Å². The lowest BCUT2D eigenvalue weighted by atomic mass is 9.97. The molecule has 3 amide bonds. The number of carbonyl (C=O) groups is 2. The van der Waals surface area contributed by atoms with Gasteiger partial charge in [0.1, 0.15) is 5.01 Å². The molecule has 0 aliphatic carbocycles. The van der Waals surface area contributed by atoms with Gasteiger partial charge in [0.15, 0.2) is 9.88 Å². The number of carbonyl (C=O) groups excluding carboxylic acids is 2. The first-order valence-corrected chi connectivity index (χ1v) is 8.50. The number of imide groups is 1. The summed E-state index contributed by atoms with van der Waals surface area (Å²) in [4.78, 5) is 30.2. The van der Waals surface area contributed by atoms with Crippen LogP contribution in [0.15, 0.2) is 28.7 Å². The van der Waals surface area contributed by atoms with Crippen molar-refractivity contribution < 1.29 is 9.59 Å². The molecule has 2 aromatic rings. The van der Waals surface area contributed by atoms with Crippen LogP contribution in [0.3, 0.4) is 0 Å². The highest BCUT2D eigenvalue weighted by molar-refractivity contribution is 8.00. The van der Waals surface area contributed by atoms with Gasteiger partial charge in [0.2, 0.25) is 0 Å². The van der Waals surface area contributed by atoms with Gasteiger partial charge in [0.25, 0.3) is 5.91 Å². The van der Waals surface area contributed by atoms with Crippen molar-refractivity contribution in [3.63, 3.8) is 0 Å². The minimum absolute atomic E-state index is 0.116. The van der Waals surface area contributed by atoms with Crippen LogP contribution in [0.4, 0.5) is 4.79 Å². The summed E-state index contributed by atoms with van der Waals surface area (Å²) in [6.45, 7) is 1.77. The Morgan fingerprint density at radius 1 is 1.36 bits per heavy atom. The van der Waals surface area contributed by atoms with Crippen LogP contribution in [-0.4, -0.2) is 38.3 Å². The predicted molar refractivity (Wildman–Crippen MR) is 82.4 cm³/mol. The predicted octanol–water partition coefficient (Wildman–Crippen LogP) is 1.62. The molecule has 3 rings (SSSR count). The average molecular weight is 335 g/mol. The van der Waals surface area contributed by atoms with Crippen molar-refractivity contribution in [1.82, 2.24) is 25.4 Å². The maximum absolute atomic E-state index is 12.7. The zero-order valence-corrected chi connectivity index (χ0v) is 13.6. The molecule has 0 radical (unpaired) electrons. The lowest BCUT2D eigenvalue weighted by molar-refractivity contribution is -0.131. The summed E-state index contributed by atoms with van der Waals surface area (Å²) in [5.41, 5.74) is -0.635. The molecule has 1 saturated heterocycles. The number of nitrogens with one attached hydrogen (secondary N) is 1. The Labute approximate surface area is 135 Å². The molecule has 1 fully saturated rings. The normalized spacial score (nSPS) is 21.3. The molecule has 0 bridgehead atoms. The molecule has 0 unspecified atom stereocenters. The Hall–Kier alpha value is -2.00. The second kappa shape index (κ2) is 5.65. The summed E-state index contributed by atoms with van der Waals surface area (Å²) in [7, 11) is 0. The highest BCUT2D eigenvalue weighted by Crippen LogP contribution is 2.29. The van der Waals surface area contributed by atoms with Crippen LogP contribution >= 0.6 is 23.1 Å².